The molecular formula is C26H31N3O4. The molecule has 1 aromatic heterocycles. The van der Waals surface area contributed by atoms with Crippen LogP contribution in [0.5, 0.6) is 11.5 Å². The summed E-state index contributed by atoms with van der Waals surface area (Å²) in [4.78, 5) is 30.4. The van der Waals surface area contributed by atoms with Crippen LogP contribution in [0.15, 0.2) is 48.5 Å². The normalized spacial score (nSPS) is 14.3. The number of ether oxygens (including phenoxy) is 2. The average molecular weight is 450 g/mol. The molecule has 7 nitrogen and oxygen atoms in total. The van der Waals surface area contributed by atoms with E-state index in [-0.39, 0.29) is 11.8 Å². The molecule has 1 aliphatic rings. The number of aromatic amines is 1. The zero-order valence-corrected chi connectivity index (χ0v) is 19.2. The molecule has 7 heteroatoms. The fourth-order valence-corrected chi connectivity index (χ4v) is 4.26. The van der Waals surface area contributed by atoms with Crippen molar-refractivity contribution in [3.63, 3.8) is 0 Å². The van der Waals surface area contributed by atoms with Gasteiger partial charge < -0.3 is 24.7 Å². The third-order valence-electron chi connectivity index (χ3n) is 6.16. The van der Waals surface area contributed by atoms with E-state index in [1.165, 1.54) is 0 Å². The minimum absolute atomic E-state index is 0.00330. The third kappa shape index (κ3) is 5.66. The number of hydrogen-bond donors (Lipinski definition) is 2. The summed E-state index contributed by atoms with van der Waals surface area (Å²) in [6, 6.07) is 15.4. The predicted octanol–water partition coefficient (Wildman–Crippen LogP) is 4.13. The lowest BCUT2D eigenvalue weighted by Crippen LogP contribution is -2.39. The monoisotopic (exact) mass is 449 g/mol. The Morgan fingerprint density at radius 1 is 1.06 bits per heavy atom. The zero-order valence-electron chi connectivity index (χ0n) is 19.2. The van der Waals surface area contributed by atoms with Crippen molar-refractivity contribution in [3.8, 4) is 11.5 Å². The molecule has 0 spiro atoms. The van der Waals surface area contributed by atoms with Gasteiger partial charge in [-0.15, -0.1) is 0 Å². The molecule has 3 aromatic rings. The molecule has 33 heavy (non-hydrogen) atoms. The van der Waals surface area contributed by atoms with Crippen LogP contribution in [0.4, 0.5) is 0 Å². The molecule has 4 rings (SSSR count). The molecule has 0 radical (unpaired) electrons. The average Bonchev–Trinajstić information content (AvgIpc) is 3.27. The van der Waals surface area contributed by atoms with Gasteiger partial charge in [-0.3, -0.25) is 9.59 Å². The summed E-state index contributed by atoms with van der Waals surface area (Å²) in [5, 5.41) is 3.99. The number of likely N-dealkylation sites (tertiary alicyclic amines) is 1. The highest BCUT2D eigenvalue weighted by Crippen LogP contribution is 2.25. The summed E-state index contributed by atoms with van der Waals surface area (Å²) in [5.41, 5.74) is 2.52. The standard InChI is InChI=1S/C26H31N3O4/c1-3-33-21-7-4-19(5-8-21)17-27-25(30)14-18-10-12-29(13-11-18)26(31)24-15-20-6-9-22(32-2)16-23(20)28-24/h4-9,15-16,18,28H,3,10-14,17H2,1-2H3,(H,27,30). The highest BCUT2D eigenvalue weighted by Gasteiger charge is 2.26. The second-order valence-electron chi connectivity index (χ2n) is 8.43. The highest BCUT2D eigenvalue weighted by atomic mass is 16.5. The molecule has 0 bridgehead atoms. The minimum Gasteiger partial charge on any atom is -0.497 e. The van der Waals surface area contributed by atoms with Gasteiger partial charge in [0.1, 0.15) is 17.2 Å². The van der Waals surface area contributed by atoms with Crippen LogP contribution >= 0.6 is 0 Å². The molecule has 2 aromatic carbocycles. The number of carbonyl (C=O) groups excluding carboxylic acids is 2. The van der Waals surface area contributed by atoms with E-state index in [0.717, 1.165) is 40.8 Å². The number of rotatable bonds is 8. The molecule has 2 amide bonds. The van der Waals surface area contributed by atoms with Gasteiger partial charge in [0, 0.05) is 43.0 Å². The molecule has 1 fully saturated rings. The summed E-state index contributed by atoms with van der Waals surface area (Å²) in [6.45, 7) is 4.42. The Bertz CT molecular complexity index is 1100. The first-order valence-corrected chi connectivity index (χ1v) is 11.5. The minimum atomic E-state index is 0.00330. The summed E-state index contributed by atoms with van der Waals surface area (Å²) in [7, 11) is 1.63. The van der Waals surface area contributed by atoms with Crippen molar-refractivity contribution in [2.24, 2.45) is 5.92 Å². The van der Waals surface area contributed by atoms with Gasteiger partial charge >= 0.3 is 0 Å². The molecule has 0 unspecified atom stereocenters. The van der Waals surface area contributed by atoms with Crippen LogP contribution in [0.1, 0.15) is 42.2 Å². The molecule has 2 N–H and O–H groups in total. The highest BCUT2D eigenvalue weighted by molar-refractivity contribution is 5.98. The second kappa shape index (κ2) is 10.4. The van der Waals surface area contributed by atoms with E-state index >= 15 is 0 Å². The second-order valence-corrected chi connectivity index (χ2v) is 8.43. The Kier molecular flexibility index (Phi) is 7.17. The SMILES string of the molecule is CCOc1ccc(CNC(=O)CC2CCN(C(=O)c3cc4ccc(OC)cc4[nH]3)CC2)cc1. The van der Waals surface area contributed by atoms with Crippen molar-refractivity contribution in [2.75, 3.05) is 26.8 Å². The predicted molar refractivity (Wildman–Crippen MR) is 128 cm³/mol. The third-order valence-corrected chi connectivity index (χ3v) is 6.16. The Hall–Kier alpha value is -3.48. The van der Waals surface area contributed by atoms with Crippen LogP contribution in [0.25, 0.3) is 10.9 Å². The van der Waals surface area contributed by atoms with E-state index in [4.69, 9.17) is 9.47 Å². The van der Waals surface area contributed by atoms with Crippen molar-refractivity contribution >= 4 is 22.7 Å². The topological polar surface area (TPSA) is 83.7 Å². The van der Waals surface area contributed by atoms with Gasteiger partial charge in [-0.25, -0.2) is 0 Å². The van der Waals surface area contributed by atoms with Crippen LogP contribution in [0.3, 0.4) is 0 Å². The van der Waals surface area contributed by atoms with Gasteiger partial charge in [0.25, 0.3) is 5.91 Å². The van der Waals surface area contributed by atoms with Gasteiger partial charge in [-0.1, -0.05) is 12.1 Å². The molecule has 1 saturated heterocycles. The van der Waals surface area contributed by atoms with E-state index in [2.05, 4.69) is 10.3 Å². The Morgan fingerprint density at radius 2 is 1.79 bits per heavy atom. The van der Waals surface area contributed by atoms with Crippen molar-refractivity contribution in [1.82, 2.24) is 15.2 Å². The molecule has 2 heterocycles. The van der Waals surface area contributed by atoms with Crippen molar-refractivity contribution in [2.45, 2.75) is 32.7 Å². The van der Waals surface area contributed by atoms with E-state index < -0.39 is 0 Å². The van der Waals surface area contributed by atoms with Crippen molar-refractivity contribution < 1.29 is 19.1 Å². The number of carbonyl (C=O) groups is 2. The smallest absolute Gasteiger partial charge is 0.270 e. The van der Waals surface area contributed by atoms with Crippen LogP contribution in [-0.2, 0) is 11.3 Å². The lowest BCUT2D eigenvalue weighted by atomic mass is 9.93. The van der Waals surface area contributed by atoms with Gasteiger partial charge in [0.2, 0.25) is 5.91 Å². The maximum absolute atomic E-state index is 13.0. The van der Waals surface area contributed by atoms with Gasteiger partial charge in [-0.2, -0.15) is 0 Å². The van der Waals surface area contributed by atoms with E-state index in [9.17, 15) is 9.59 Å². The molecule has 0 atom stereocenters. The number of nitrogens with zero attached hydrogens (tertiary/aromatic N) is 1. The number of H-pyrrole nitrogens is 1. The number of nitrogens with one attached hydrogen (secondary N) is 2. The van der Waals surface area contributed by atoms with Gasteiger partial charge in [-0.05, 0) is 61.6 Å². The number of hydrogen-bond acceptors (Lipinski definition) is 4. The zero-order chi connectivity index (χ0) is 23.2. The fourth-order valence-electron chi connectivity index (χ4n) is 4.26. The first-order chi connectivity index (χ1) is 16.1. The van der Waals surface area contributed by atoms with E-state index in [0.29, 0.717) is 44.3 Å². The van der Waals surface area contributed by atoms with E-state index in [1.807, 2.05) is 60.4 Å². The summed E-state index contributed by atoms with van der Waals surface area (Å²) >= 11 is 0. The van der Waals surface area contributed by atoms with Gasteiger partial charge in [0.05, 0.1) is 13.7 Å². The number of amides is 2. The number of piperidine rings is 1. The first-order valence-electron chi connectivity index (χ1n) is 11.5. The Balaban J connectivity index is 1.23. The molecular weight excluding hydrogens is 418 g/mol. The molecule has 1 aliphatic heterocycles. The Morgan fingerprint density at radius 3 is 2.48 bits per heavy atom. The van der Waals surface area contributed by atoms with Crippen LogP contribution in [0.2, 0.25) is 0 Å². The quantitative estimate of drug-likeness (QED) is 0.542. The fraction of sp³-hybridized carbons (Fsp3) is 0.385. The summed E-state index contributed by atoms with van der Waals surface area (Å²) in [6.07, 6.45) is 2.15. The number of benzene rings is 2. The number of aromatic nitrogens is 1. The summed E-state index contributed by atoms with van der Waals surface area (Å²) < 4.78 is 10.7. The van der Waals surface area contributed by atoms with Crippen LogP contribution in [-0.4, -0.2) is 48.5 Å². The number of fused-ring (bicyclic) bond motifs is 1. The largest absolute Gasteiger partial charge is 0.497 e. The van der Waals surface area contributed by atoms with Gasteiger partial charge in [0.15, 0.2) is 0 Å². The summed E-state index contributed by atoms with van der Waals surface area (Å²) in [5.74, 6) is 1.94. The number of methoxy groups -OCH3 is 1. The maximum Gasteiger partial charge on any atom is 0.270 e. The Labute approximate surface area is 194 Å². The maximum atomic E-state index is 13.0. The van der Waals surface area contributed by atoms with E-state index in [1.54, 1.807) is 7.11 Å². The van der Waals surface area contributed by atoms with Crippen LogP contribution < -0.4 is 14.8 Å². The first kappa shape index (κ1) is 22.7. The lowest BCUT2D eigenvalue weighted by molar-refractivity contribution is -0.122. The van der Waals surface area contributed by atoms with Crippen molar-refractivity contribution in [3.05, 3.63) is 59.8 Å². The molecule has 0 saturated carbocycles. The van der Waals surface area contributed by atoms with Crippen LogP contribution in [0, 0.1) is 5.92 Å². The lowest BCUT2D eigenvalue weighted by Gasteiger charge is -2.31. The molecule has 174 valence electrons. The van der Waals surface area contributed by atoms with Crippen molar-refractivity contribution in [1.29, 1.82) is 0 Å². The molecule has 0 aliphatic carbocycles.